The number of ether oxygens (including phenoxy) is 3. The average Bonchev–Trinajstić information content (AvgIpc) is 3.21. The maximum Gasteiger partial charge on any atom is 0.315 e. The standard InChI is InChI=1S/C19H26N2O4/c22-19(20-13-7-3-1-4-8-13)21-15-11-23-18-16(12-24-17(15)18)25-14-9-5-2-6-10-14/h2,5-6,9-10,13,15-18H,1,3-4,7-8,11-12H2,(H2,20,21,22)/t15-,16-,17+,18+/m0/s1. The van der Waals surface area contributed by atoms with E-state index in [0.717, 1.165) is 18.6 Å². The lowest BCUT2D eigenvalue weighted by Gasteiger charge is -2.24. The number of fused-ring (bicyclic) bond motifs is 1. The molecule has 2 amide bonds. The van der Waals surface area contributed by atoms with Crippen LogP contribution in [0.25, 0.3) is 0 Å². The zero-order chi connectivity index (χ0) is 17.1. The monoisotopic (exact) mass is 346 g/mol. The Morgan fingerprint density at radius 1 is 0.960 bits per heavy atom. The molecule has 1 aromatic rings. The van der Waals surface area contributed by atoms with Crippen LogP contribution in [0.3, 0.4) is 0 Å². The van der Waals surface area contributed by atoms with E-state index in [9.17, 15) is 4.79 Å². The van der Waals surface area contributed by atoms with E-state index in [1.165, 1.54) is 19.3 Å². The van der Waals surface area contributed by atoms with Gasteiger partial charge in [-0.25, -0.2) is 4.79 Å². The van der Waals surface area contributed by atoms with E-state index in [-0.39, 0.29) is 30.4 Å². The minimum Gasteiger partial charge on any atom is -0.485 e. The van der Waals surface area contributed by atoms with Gasteiger partial charge in [-0.15, -0.1) is 0 Å². The van der Waals surface area contributed by atoms with E-state index < -0.39 is 0 Å². The van der Waals surface area contributed by atoms with Crippen LogP contribution in [0.2, 0.25) is 0 Å². The number of carbonyl (C=O) groups excluding carboxylic acids is 1. The van der Waals surface area contributed by atoms with E-state index in [4.69, 9.17) is 14.2 Å². The first-order valence-electron chi connectivity index (χ1n) is 9.31. The normalized spacial score (nSPS) is 32.2. The maximum absolute atomic E-state index is 12.3. The molecule has 0 radical (unpaired) electrons. The largest absolute Gasteiger partial charge is 0.485 e. The number of nitrogens with one attached hydrogen (secondary N) is 2. The molecule has 25 heavy (non-hydrogen) atoms. The van der Waals surface area contributed by atoms with Gasteiger partial charge in [-0.05, 0) is 25.0 Å². The molecular weight excluding hydrogens is 320 g/mol. The number of para-hydroxylation sites is 1. The van der Waals surface area contributed by atoms with Gasteiger partial charge >= 0.3 is 6.03 Å². The molecule has 2 aliphatic heterocycles. The Morgan fingerprint density at radius 3 is 2.52 bits per heavy atom. The number of rotatable bonds is 4. The Morgan fingerprint density at radius 2 is 1.72 bits per heavy atom. The van der Waals surface area contributed by atoms with Gasteiger partial charge < -0.3 is 24.8 Å². The van der Waals surface area contributed by atoms with Gasteiger partial charge in [-0.3, -0.25) is 0 Å². The summed E-state index contributed by atoms with van der Waals surface area (Å²) in [5, 5.41) is 6.11. The fourth-order valence-electron chi connectivity index (χ4n) is 4.01. The molecular formula is C19H26N2O4. The molecule has 0 aromatic heterocycles. The van der Waals surface area contributed by atoms with Crippen LogP contribution < -0.4 is 15.4 Å². The third-order valence-electron chi connectivity index (χ3n) is 5.30. The molecule has 0 spiro atoms. The fraction of sp³-hybridized carbons (Fsp3) is 0.632. The van der Waals surface area contributed by atoms with Crippen LogP contribution in [-0.2, 0) is 9.47 Å². The van der Waals surface area contributed by atoms with Crippen molar-refractivity contribution in [2.45, 2.75) is 62.5 Å². The van der Waals surface area contributed by atoms with Crippen molar-refractivity contribution in [1.29, 1.82) is 0 Å². The van der Waals surface area contributed by atoms with Crippen molar-refractivity contribution >= 4 is 6.03 Å². The quantitative estimate of drug-likeness (QED) is 0.877. The van der Waals surface area contributed by atoms with Gasteiger partial charge in [0.2, 0.25) is 0 Å². The summed E-state index contributed by atoms with van der Waals surface area (Å²) in [5.74, 6) is 0.812. The highest BCUT2D eigenvalue weighted by Crippen LogP contribution is 2.30. The molecule has 0 bridgehead atoms. The molecule has 2 N–H and O–H groups in total. The molecule has 2 saturated heterocycles. The molecule has 1 aliphatic carbocycles. The second kappa shape index (κ2) is 7.62. The summed E-state index contributed by atoms with van der Waals surface area (Å²) < 4.78 is 17.7. The second-order valence-electron chi connectivity index (χ2n) is 7.12. The van der Waals surface area contributed by atoms with Gasteiger partial charge in [0, 0.05) is 6.04 Å². The predicted octanol–water partition coefficient (Wildman–Crippen LogP) is 2.23. The third-order valence-corrected chi connectivity index (χ3v) is 5.30. The summed E-state index contributed by atoms with van der Waals surface area (Å²) in [6.07, 6.45) is 5.39. The Hall–Kier alpha value is -1.79. The molecule has 4 atom stereocenters. The van der Waals surface area contributed by atoms with Crippen molar-refractivity contribution in [1.82, 2.24) is 10.6 Å². The summed E-state index contributed by atoms with van der Waals surface area (Å²) in [5.41, 5.74) is 0. The van der Waals surface area contributed by atoms with Crippen molar-refractivity contribution in [2.75, 3.05) is 13.2 Å². The predicted molar refractivity (Wildman–Crippen MR) is 92.7 cm³/mol. The van der Waals surface area contributed by atoms with E-state index in [0.29, 0.717) is 19.3 Å². The topological polar surface area (TPSA) is 68.8 Å². The van der Waals surface area contributed by atoms with Gasteiger partial charge in [-0.2, -0.15) is 0 Å². The van der Waals surface area contributed by atoms with Crippen molar-refractivity contribution in [3.05, 3.63) is 30.3 Å². The number of hydrogen-bond acceptors (Lipinski definition) is 4. The van der Waals surface area contributed by atoms with Crippen molar-refractivity contribution in [2.24, 2.45) is 0 Å². The van der Waals surface area contributed by atoms with Crippen LogP contribution in [-0.4, -0.2) is 49.6 Å². The van der Waals surface area contributed by atoms with Crippen LogP contribution in [0, 0.1) is 0 Å². The number of amides is 2. The molecule has 1 aromatic carbocycles. The van der Waals surface area contributed by atoms with Crippen molar-refractivity contribution < 1.29 is 19.0 Å². The van der Waals surface area contributed by atoms with Gasteiger partial charge in [0.25, 0.3) is 0 Å². The summed E-state index contributed by atoms with van der Waals surface area (Å²) in [6.45, 7) is 0.939. The summed E-state index contributed by atoms with van der Waals surface area (Å²) in [7, 11) is 0. The van der Waals surface area contributed by atoms with Crippen LogP contribution >= 0.6 is 0 Å². The summed E-state index contributed by atoms with van der Waals surface area (Å²) in [6, 6.07) is 9.75. The Balaban J connectivity index is 1.28. The molecule has 4 rings (SSSR count). The molecule has 6 nitrogen and oxygen atoms in total. The lowest BCUT2D eigenvalue weighted by Crippen LogP contribution is -2.51. The number of urea groups is 1. The van der Waals surface area contributed by atoms with Crippen molar-refractivity contribution in [3.63, 3.8) is 0 Å². The Bertz CT molecular complexity index is 576. The zero-order valence-corrected chi connectivity index (χ0v) is 14.4. The van der Waals surface area contributed by atoms with Gasteiger partial charge in [0.05, 0.1) is 19.3 Å². The van der Waals surface area contributed by atoms with Gasteiger partial charge in [0.1, 0.15) is 18.0 Å². The van der Waals surface area contributed by atoms with Gasteiger partial charge in [0.15, 0.2) is 6.10 Å². The second-order valence-corrected chi connectivity index (χ2v) is 7.12. The molecule has 3 aliphatic rings. The van der Waals surface area contributed by atoms with Crippen LogP contribution in [0.5, 0.6) is 5.75 Å². The van der Waals surface area contributed by atoms with E-state index in [2.05, 4.69) is 10.6 Å². The number of benzene rings is 1. The number of hydrogen-bond donors (Lipinski definition) is 2. The van der Waals surface area contributed by atoms with Crippen molar-refractivity contribution in [3.8, 4) is 5.75 Å². The summed E-state index contributed by atoms with van der Waals surface area (Å²) in [4.78, 5) is 12.3. The Labute approximate surface area is 148 Å². The van der Waals surface area contributed by atoms with E-state index >= 15 is 0 Å². The SMILES string of the molecule is O=C(NC1CCCCC1)N[C@H]1CO[C@H]2[C@@H]1OC[C@@H]2Oc1ccccc1. The highest BCUT2D eigenvalue weighted by atomic mass is 16.6. The van der Waals surface area contributed by atoms with Crippen LogP contribution in [0.4, 0.5) is 4.79 Å². The molecule has 1 saturated carbocycles. The first kappa shape index (κ1) is 16.7. The summed E-state index contributed by atoms with van der Waals surface area (Å²) >= 11 is 0. The average molecular weight is 346 g/mol. The molecule has 6 heteroatoms. The van der Waals surface area contributed by atoms with Crippen LogP contribution in [0.1, 0.15) is 32.1 Å². The zero-order valence-electron chi connectivity index (χ0n) is 14.4. The lowest BCUT2D eigenvalue weighted by molar-refractivity contribution is 0.0303. The van der Waals surface area contributed by atoms with Gasteiger partial charge in [-0.1, -0.05) is 37.5 Å². The molecule has 136 valence electrons. The molecule has 3 fully saturated rings. The lowest BCUT2D eigenvalue weighted by atomic mass is 9.96. The van der Waals surface area contributed by atoms with E-state index in [1.54, 1.807) is 0 Å². The first-order valence-corrected chi connectivity index (χ1v) is 9.31. The minimum atomic E-state index is -0.147. The highest BCUT2D eigenvalue weighted by molar-refractivity contribution is 5.74. The first-order chi connectivity index (χ1) is 12.3. The maximum atomic E-state index is 12.3. The van der Waals surface area contributed by atoms with E-state index in [1.807, 2.05) is 30.3 Å². The highest BCUT2D eigenvalue weighted by Gasteiger charge is 2.49. The number of carbonyl (C=O) groups is 1. The van der Waals surface area contributed by atoms with Crippen LogP contribution in [0.15, 0.2) is 30.3 Å². The smallest absolute Gasteiger partial charge is 0.315 e. The fourth-order valence-corrected chi connectivity index (χ4v) is 4.01. The molecule has 0 unspecified atom stereocenters. The Kier molecular flexibility index (Phi) is 5.08. The molecule has 2 heterocycles. The minimum absolute atomic E-state index is 0.114. The third kappa shape index (κ3) is 3.90.